The summed E-state index contributed by atoms with van der Waals surface area (Å²) in [5, 5.41) is 28.6. The van der Waals surface area contributed by atoms with Crippen molar-refractivity contribution in [2.24, 2.45) is 17.6 Å². The molecule has 2 aliphatic heterocycles. The maximum absolute atomic E-state index is 14.2. The first kappa shape index (κ1) is 49.3. The van der Waals surface area contributed by atoms with Gasteiger partial charge in [0.1, 0.15) is 36.3 Å². The molecule has 7 amide bonds. The lowest BCUT2D eigenvalue weighted by atomic mass is 9.96. The third-order valence-corrected chi connectivity index (χ3v) is 11.0. The number of benzene rings is 1. The second kappa shape index (κ2) is 24.9. The van der Waals surface area contributed by atoms with E-state index in [9.17, 15) is 43.5 Å². The Morgan fingerprint density at radius 2 is 1.52 bits per heavy atom. The van der Waals surface area contributed by atoms with Gasteiger partial charge in [-0.05, 0) is 88.8 Å². The van der Waals surface area contributed by atoms with Crippen molar-refractivity contribution in [3.63, 3.8) is 0 Å². The number of hydrogen-bond donors (Lipinski definition) is 9. The third kappa shape index (κ3) is 15.5. The predicted octanol–water partition coefficient (Wildman–Crippen LogP) is -0.162. The Morgan fingerprint density at radius 1 is 0.817 bits per heavy atom. The molecule has 0 aliphatic carbocycles. The van der Waals surface area contributed by atoms with Crippen molar-refractivity contribution in [1.82, 2.24) is 42.1 Å². The van der Waals surface area contributed by atoms with E-state index in [4.69, 9.17) is 5.73 Å². The summed E-state index contributed by atoms with van der Waals surface area (Å²) in [4.78, 5) is 108. The van der Waals surface area contributed by atoms with Crippen molar-refractivity contribution < 1.29 is 43.5 Å². The van der Waals surface area contributed by atoms with Crippen LogP contribution in [0.2, 0.25) is 0 Å². The van der Waals surface area contributed by atoms with Crippen LogP contribution in [0, 0.1) is 11.8 Å². The zero-order chi connectivity index (χ0) is 44.4. The van der Waals surface area contributed by atoms with Crippen molar-refractivity contribution in [3.05, 3.63) is 35.9 Å². The lowest BCUT2D eigenvalue weighted by Crippen LogP contribution is -2.60. The van der Waals surface area contributed by atoms with E-state index in [2.05, 4.69) is 37.2 Å². The van der Waals surface area contributed by atoms with Crippen LogP contribution in [-0.4, -0.2) is 126 Å². The second-order valence-corrected chi connectivity index (χ2v) is 16.3. The number of unbranched alkanes of at least 4 members (excludes halogenated alkanes) is 1. The van der Waals surface area contributed by atoms with Gasteiger partial charge in [-0.2, -0.15) is 0 Å². The smallest absolute Gasteiger partial charge is 0.325 e. The molecule has 334 valence electrons. The van der Waals surface area contributed by atoms with Crippen molar-refractivity contribution in [2.45, 2.75) is 141 Å². The Morgan fingerprint density at radius 3 is 2.13 bits per heavy atom. The zero-order valence-corrected chi connectivity index (χ0v) is 35.7. The quantitative estimate of drug-likeness (QED) is 0.0618. The number of carbonyl (C=O) groups is 8. The Bertz CT molecular complexity index is 1620. The Hall–Kier alpha value is -5.10. The molecule has 2 heterocycles. The first-order valence-electron chi connectivity index (χ1n) is 21.3. The number of carboxylic acid groups (broad SMARTS) is 1. The Labute approximate surface area is 353 Å². The molecular formula is C42H67N9O9. The number of nitrogens with two attached hydrogens (primary N) is 1. The first-order chi connectivity index (χ1) is 28.6. The zero-order valence-electron chi connectivity index (χ0n) is 35.7. The minimum Gasteiger partial charge on any atom is -0.480 e. The summed E-state index contributed by atoms with van der Waals surface area (Å²) in [7, 11) is 0. The fraction of sp³-hybridized carbons (Fsp3) is 0.667. The summed E-state index contributed by atoms with van der Waals surface area (Å²) in [6, 6.07) is 2.24. The van der Waals surface area contributed by atoms with E-state index in [1.165, 1.54) is 11.8 Å². The molecule has 2 saturated heterocycles. The van der Waals surface area contributed by atoms with E-state index in [0.29, 0.717) is 45.1 Å². The molecule has 0 unspecified atom stereocenters. The third-order valence-electron chi connectivity index (χ3n) is 11.0. The summed E-state index contributed by atoms with van der Waals surface area (Å²) >= 11 is 0. The average molecular weight is 842 g/mol. The number of rotatable bonds is 24. The average Bonchev–Trinajstić information content (AvgIpc) is 3.94. The SMILES string of the molecule is CC[C@H](C)[C@H](NC(=O)[C@H](CC(C)C)NC(=O)[C@H](CCCCN)NC(=O)[C@@H]1CCCN1C(=O)[C@H](Cc1ccccc1)NC(=O)CNC(=O)[C@@H]1CCCN1)C(=O)N[C@@H](C)C(=O)O. The lowest BCUT2D eigenvalue weighted by molar-refractivity contribution is -0.142. The highest BCUT2D eigenvalue weighted by Gasteiger charge is 2.40. The van der Waals surface area contributed by atoms with Crippen LogP contribution in [0.15, 0.2) is 30.3 Å². The van der Waals surface area contributed by atoms with E-state index in [0.717, 1.165) is 18.5 Å². The Kier molecular flexibility index (Phi) is 20.4. The largest absolute Gasteiger partial charge is 0.480 e. The van der Waals surface area contributed by atoms with Crippen LogP contribution in [0.25, 0.3) is 0 Å². The highest BCUT2D eigenvalue weighted by atomic mass is 16.4. The first-order valence-corrected chi connectivity index (χ1v) is 21.3. The van der Waals surface area contributed by atoms with Crippen molar-refractivity contribution in [1.29, 1.82) is 0 Å². The molecule has 2 fully saturated rings. The molecule has 1 aromatic rings. The molecule has 18 nitrogen and oxygen atoms in total. The molecule has 0 aromatic heterocycles. The van der Waals surface area contributed by atoms with Gasteiger partial charge in [-0.15, -0.1) is 0 Å². The monoisotopic (exact) mass is 842 g/mol. The summed E-state index contributed by atoms with van der Waals surface area (Å²) < 4.78 is 0. The molecule has 8 atom stereocenters. The van der Waals surface area contributed by atoms with Crippen LogP contribution in [0.3, 0.4) is 0 Å². The van der Waals surface area contributed by atoms with E-state index >= 15 is 0 Å². The molecule has 10 N–H and O–H groups in total. The van der Waals surface area contributed by atoms with Gasteiger partial charge in [0, 0.05) is 13.0 Å². The van der Waals surface area contributed by atoms with Gasteiger partial charge in [0.25, 0.3) is 0 Å². The van der Waals surface area contributed by atoms with Gasteiger partial charge in [0.2, 0.25) is 41.4 Å². The van der Waals surface area contributed by atoms with Crippen molar-refractivity contribution in [3.8, 4) is 0 Å². The summed E-state index contributed by atoms with van der Waals surface area (Å²) in [6.07, 6.45) is 4.37. The van der Waals surface area contributed by atoms with Gasteiger partial charge in [-0.25, -0.2) is 0 Å². The number of likely N-dealkylation sites (tertiary alicyclic amines) is 1. The number of nitrogens with one attached hydrogen (secondary N) is 7. The van der Waals surface area contributed by atoms with Crippen LogP contribution in [0.1, 0.15) is 98.0 Å². The van der Waals surface area contributed by atoms with Crippen LogP contribution in [0.4, 0.5) is 0 Å². The number of carbonyl (C=O) groups excluding carboxylic acids is 7. The summed E-state index contributed by atoms with van der Waals surface area (Å²) in [6.45, 7) is 9.60. The molecule has 60 heavy (non-hydrogen) atoms. The highest BCUT2D eigenvalue weighted by Crippen LogP contribution is 2.21. The topological polar surface area (TPSA) is 270 Å². The van der Waals surface area contributed by atoms with E-state index in [1.807, 2.05) is 51.1 Å². The van der Waals surface area contributed by atoms with Crippen molar-refractivity contribution in [2.75, 3.05) is 26.2 Å². The van der Waals surface area contributed by atoms with Gasteiger partial charge < -0.3 is 53.0 Å². The normalized spacial score (nSPS) is 19.2. The number of carboxylic acids is 1. The Balaban J connectivity index is 1.78. The van der Waals surface area contributed by atoms with Gasteiger partial charge >= 0.3 is 5.97 Å². The minimum absolute atomic E-state index is 0.0720. The highest BCUT2D eigenvalue weighted by molar-refractivity contribution is 5.97. The fourth-order valence-electron chi connectivity index (χ4n) is 7.32. The molecule has 0 radical (unpaired) electrons. The molecule has 3 rings (SSSR count). The fourth-order valence-corrected chi connectivity index (χ4v) is 7.32. The molecule has 2 aliphatic rings. The molecular weight excluding hydrogens is 775 g/mol. The van der Waals surface area contributed by atoms with Crippen LogP contribution in [0.5, 0.6) is 0 Å². The maximum Gasteiger partial charge on any atom is 0.325 e. The van der Waals surface area contributed by atoms with E-state index in [1.54, 1.807) is 6.92 Å². The van der Waals surface area contributed by atoms with Gasteiger partial charge in [-0.1, -0.05) is 64.4 Å². The van der Waals surface area contributed by atoms with Crippen LogP contribution < -0.4 is 43.0 Å². The van der Waals surface area contributed by atoms with Gasteiger partial charge in [-0.3, -0.25) is 38.4 Å². The minimum atomic E-state index is -1.23. The molecule has 1 aromatic carbocycles. The van der Waals surface area contributed by atoms with Crippen LogP contribution in [-0.2, 0) is 44.8 Å². The molecule has 0 spiro atoms. The number of nitrogens with zero attached hydrogens (tertiary/aromatic N) is 1. The molecule has 0 bridgehead atoms. The lowest BCUT2D eigenvalue weighted by Gasteiger charge is -2.31. The number of amides is 7. The summed E-state index contributed by atoms with van der Waals surface area (Å²) in [5.74, 6) is -5.52. The predicted molar refractivity (Wildman–Crippen MR) is 224 cm³/mol. The standard InChI is InChI=1S/C42H67N9O9/c1-6-26(4)35(40(57)46-27(5)42(59)60)50-38(55)31(22-25(2)3)49-37(54)30(16-10-11-19-43)48-39(56)33-18-13-21-51(33)41(58)32(23-28-14-8-7-9-15-28)47-34(52)24-45-36(53)29-17-12-20-44-29/h7-9,14-15,25-27,29-33,35,44H,6,10-13,16-24,43H2,1-5H3,(H,45,53)(H,46,57)(H,47,52)(H,48,56)(H,49,54)(H,50,55)(H,59,60)/t26-,27-,29-,30-,31-,32-,33-,35-/m0/s1. The molecule has 0 saturated carbocycles. The molecule has 18 heteroatoms. The van der Waals surface area contributed by atoms with Gasteiger partial charge in [0.05, 0.1) is 12.6 Å². The second-order valence-electron chi connectivity index (χ2n) is 16.3. The number of hydrogen-bond acceptors (Lipinski definition) is 10. The van der Waals surface area contributed by atoms with E-state index < -0.39 is 77.7 Å². The van der Waals surface area contributed by atoms with Gasteiger partial charge in [0.15, 0.2) is 0 Å². The number of aliphatic carboxylic acids is 1. The summed E-state index contributed by atoms with van der Waals surface area (Å²) in [5.41, 5.74) is 6.52. The van der Waals surface area contributed by atoms with Crippen molar-refractivity contribution >= 4 is 47.3 Å². The van der Waals surface area contributed by atoms with Crippen LogP contribution >= 0.6 is 0 Å². The van der Waals surface area contributed by atoms with E-state index in [-0.39, 0.29) is 56.1 Å². The maximum atomic E-state index is 14.2.